The lowest BCUT2D eigenvalue weighted by atomic mass is 9.91. The molecule has 2 heteroatoms. The molecule has 1 saturated heterocycles. The number of rotatable bonds is 0. The maximum absolute atomic E-state index is 5.55. The Balaban J connectivity index is 0.000000140. The standard InChI is InChI=1S/C7H14.C5H11NO/c1-7-5-3-2-4-6-7;6-5-1-3-7-4-2-5/h7H,2-6H2,1H3;5H,1-4,6H2. The minimum Gasteiger partial charge on any atom is -0.381 e. The van der Waals surface area contributed by atoms with Crippen molar-refractivity contribution < 1.29 is 4.74 Å². The molecule has 0 unspecified atom stereocenters. The highest BCUT2D eigenvalue weighted by molar-refractivity contribution is 4.63. The molecule has 2 nitrogen and oxygen atoms in total. The molecule has 0 aromatic heterocycles. The van der Waals surface area contributed by atoms with Crippen LogP contribution in [0.5, 0.6) is 0 Å². The molecule has 2 fully saturated rings. The van der Waals surface area contributed by atoms with Crippen molar-refractivity contribution in [1.29, 1.82) is 0 Å². The average Bonchev–Trinajstić information content (AvgIpc) is 2.21. The molecule has 0 radical (unpaired) electrons. The quantitative estimate of drug-likeness (QED) is 0.651. The first-order chi connectivity index (χ1) is 6.79. The van der Waals surface area contributed by atoms with Crippen LogP contribution in [0.25, 0.3) is 0 Å². The first kappa shape index (κ1) is 12.0. The zero-order valence-corrected chi connectivity index (χ0v) is 9.50. The Morgan fingerprint density at radius 1 is 0.929 bits per heavy atom. The summed E-state index contributed by atoms with van der Waals surface area (Å²) in [7, 11) is 0. The Bertz CT molecular complexity index is 110. The Hall–Kier alpha value is -0.0800. The van der Waals surface area contributed by atoms with Gasteiger partial charge in [0.1, 0.15) is 0 Å². The molecular formula is C12H25NO. The molecule has 1 saturated carbocycles. The fourth-order valence-corrected chi connectivity index (χ4v) is 2.02. The van der Waals surface area contributed by atoms with Crippen LogP contribution in [0.15, 0.2) is 0 Å². The van der Waals surface area contributed by atoms with Crippen molar-refractivity contribution >= 4 is 0 Å². The van der Waals surface area contributed by atoms with Crippen LogP contribution >= 0.6 is 0 Å². The highest BCUT2D eigenvalue weighted by atomic mass is 16.5. The summed E-state index contributed by atoms with van der Waals surface area (Å²) in [6.07, 6.45) is 9.52. The van der Waals surface area contributed by atoms with E-state index < -0.39 is 0 Å². The van der Waals surface area contributed by atoms with E-state index in [0.29, 0.717) is 6.04 Å². The van der Waals surface area contributed by atoms with Gasteiger partial charge in [0.2, 0.25) is 0 Å². The predicted molar refractivity (Wildman–Crippen MR) is 60.3 cm³/mol. The lowest BCUT2D eigenvalue weighted by Gasteiger charge is -2.16. The van der Waals surface area contributed by atoms with E-state index in [1.54, 1.807) is 0 Å². The molecule has 2 rings (SSSR count). The van der Waals surface area contributed by atoms with E-state index in [0.717, 1.165) is 32.0 Å². The number of ether oxygens (including phenoxy) is 1. The van der Waals surface area contributed by atoms with Gasteiger partial charge in [-0.1, -0.05) is 39.0 Å². The van der Waals surface area contributed by atoms with Crippen LogP contribution in [-0.2, 0) is 4.74 Å². The number of hydrogen-bond acceptors (Lipinski definition) is 2. The lowest BCUT2D eigenvalue weighted by molar-refractivity contribution is 0.0866. The van der Waals surface area contributed by atoms with Crippen molar-refractivity contribution in [2.75, 3.05) is 13.2 Å². The fourth-order valence-electron chi connectivity index (χ4n) is 2.02. The predicted octanol–water partition coefficient (Wildman–Crippen LogP) is 2.71. The normalized spacial score (nSPS) is 25.3. The second-order valence-electron chi connectivity index (χ2n) is 4.69. The van der Waals surface area contributed by atoms with Gasteiger partial charge >= 0.3 is 0 Å². The molecule has 0 amide bonds. The Morgan fingerprint density at radius 2 is 1.50 bits per heavy atom. The van der Waals surface area contributed by atoms with Gasteiger partial charge in [0.05, 0.1) is 0 Å². The zero-order valence-electron chi connectivity index (χ0n) is 9.50. The largest absolute Gasteiger partial charge is 0.381 e. The minimum absolute atomic E-state index is 0.411. The molecule has 0 aromatic rings. The van der Waals surface area contributed by atoms with Gasteiger partial charge in [-0.25, -0.2) is 0 Å². The van der Waals surface area contributed by atoms with Gasteiger partial charge in [-0.15, -0.1) is 0 Å². The maximum Gasteiger partial charge on any atom is 0.0480 e. The van der Waals surface area contributed by atoms with Crippen LogP contribution in [0, 0.1) is 5.92 Å². The average molecular weight is 199 g/mol. The van der Waals surface area contributed by atoms with Crippen molar-refractivity contribution in [2.45, 2.75) is 57.9 Å². The third-order valence-electron chi connectivity index (χ3n) is 3.16. The minimum atomic E-state index is 0.411. The van der Waals surface area contributed by atoms with Gasteiger partial charge in [0.15, 0.2) is 0 Å². The van der Waals surface area contributed by atoms with Gasteiger partial charge in [-0.2, -0.15) is 0 Å². The fraction of sp³-hybridized carbons (Fsp3) is 1.00. The first-order valence-electron chi connectivity index (χ1n) is 6.12. The van der Waals surface area contributed by atoms with Crippen LogP contribution in [0.2, 0.25) is 0 Å². The van der Waals surface area contributed by atoms with Crippen LogP contribution in [0.4, 0.5) is 0 Å². The third-order valence-corrected chi connectivity index (χ3v) is 3.16. The summed E-state index contributed by atoms with van der Waals surface area (Å²) < 4.78 is 5.06. The SMILES string of the molecule is CC1CCCCC1.NC1CCOCC1. The van der Waals surface area contributed by atoms with Crippen LogP contribution in [-0.4, -0.2) is 19.3 Å². The van der Waals surface area contributed by atoms with E-state index in [9.17, 15) is 0 Å². The summed E-state index contributed by atoms with van der Waals surface area (Å²) in [6, 6.07) is 0.411. The van der Waals surface area contributed by atoms with Crippen LogP contribution in [0.3, 0.4) is 0 Å². The lowest BCUT2D eigenvalue weighted by Crippen LogP contribution is -2.28. The molecule has 1 aliphatic heterocycles. The molecule has 2 N–H and O–H groups in total. The molecule has 14 heavy (non-hydrogen) atoms. The molecule has 0 aromatic carbocycles. The van der Waals surface area contributed by atoms with Crippen molar-refractivity contribution in [3.8, 4) is 0 Å². The molecular weight excluding hydrogens is 174 g/mol. The monoisotopic (exact) mass is 199 g/mol. The van der Waals surface area contributed by atoms with E-state index >= 15 is 0 Å². The zero-order chi connectivity index (χ0) is 10.2. The summed E-state index contributed by atoms with van der Waals surface area (Å²) in [5.74, 6) is 1.04. The van der Waals surface area contributed by atoms with E-state index in [1.165, 1.54) is 32.1 Å². The molecule has 0 spiro atoms. The Labute approximate surface area is 88.2 Å². The summed E-state index contributed by atoms with van der Waals surface area (Å²) in [5, 5.41) is 0. The summed E-state index contributed by atoms with van der Waals surface area (Å²) in [6.45, 7) is 4.08. The smallest absolute Gasteiger partial charge is 0.0480 e. The molecule has 0 atom stereocenters. The van der Waals surface area contributed by atoms with Gasteiger partial charge in [-0.05, 0) is 18.8 Å². The first-order valence-corrected chi connectivity index (χ1v) is 6.12. The molecule has 0 bridgehead atoms. The highest BCUT2D eigenvalue weighted by Gasteiger charge is 2.06. The second kappa shape index (κ2) is 7.24. The van der Waals surface area contributed by atoms with E-state index in [-0.39, 0.29) is 0 Å². The summed E-state index contributed by atoms with van der Waals surface area (Å²) in [5.41, 5.74) is 5.55. The van der Waals surface area contributed by atoms with E-state index in [4.69, 9.17) is 10.5 Å². The van der Waals surface area contributed by atoms with Crippen molar-refractivity contribution in [3.05, 3.63) is 0 Å². The highest BCUT2D eigenvalue weighted by Crippen LogP contribution is 2.22. The van der Waals surface area contributed by atoms with E-state index in [2.05, 4.69) is 6.92 Å². The number of hydrogen-bond donors (Lipinski definition) is 1. The van der Waals surface area contributed by atoms with Gasteiger partial charge in [-0.3, -0.25) is 0 Å². The Morgan fingerprint density at radius 3 is 1.79 bits per heavy atom. The van der Waals surface area contributed by atoms with Crippen LogP contribution < -0.4 is 5.73 Å². The van der Waals surface area contributed by atoms with Crippen molar-refractivity contribution in [2.24, 2.45) is 11.7 Å². The van der Waals surface area contributed by atoms with Crippen molar-refractivity contribution in [3.63, 3.8) is 0 Å². The summed E-state index contributed by atoms with van der Waals surface area (Å²) >= 11 is 0. The molecule has 1 aliphatic carbocycles. The molecule has 1 heterocycles. The molecule has 84 valence electrons. The topological polar surface area (TPSA) is 35.2 Å². The summed E-state index contributed by atoms with van der Waals surface area (Å²) in [4.78, 5) is 0. The molecule has 2 aliphatic rings. The number of nitrogens with two attached hydrogens (primary N) is 1. The third kappa shape index (κ3) is 5.61. The van der Waals surface area contributed by atoms with Gasteiger partial charge in [0.25, 0.3) is 0 Å². The van der Waals surface area contributed by atoms with Gasteiger partial charge < -0.3 is 10.5 Å². The second-order valence-corrected chi connectivity index (χ2v) is 4.69. The van der Waals surface area contributed by atoms with Gasteiger partial charge in [0, 0.05) is 19.3 Å². The van der Waals surface area contributed by atoms with Crippen LogP contribution in [0.1, 0.15) is 51.9 Å². The van der Waals surface area contributed by atoms with Crippen molar-refractivity contribution in [1.82, 2.24) is 0 Å². The Kier molecular flexibility index (Phi) is 6.20. The maximum atomic E-state index is 5.55. The van der Waals surface area contributed by atoms with E-state index in [1.807, 2.05) is 0 Å².